The second-order valence-electron chi connectivity index (χ2n) is 7.56. The second kappa shape index (κ2) is 9.01. The average molecular weight is 432 g/mol. The molecular formula is C25H24N2O5. The lowest BCUT2D eigenvalue weighted by molar-refractivity contribution is -0.118. The first-order valence-corrected chi connectivity index (χ1v) is 10.3. The molecule has 0 aromatic heterocycles. The molecule has 7 nitrogen and oxygen atoms in total. The van der Waals surface area contributed by atoms with Crippen LogP contribution in [-0.4, -0.2) is 31.6 Å². The zero-order valence-corrected chi connectivity index (χ0v) is 18.1. The lowest BCUT2D eigenvalue weighted by atomic mass is 10.1. The molecule has 0 bridgehead atoms. The molecule has 0 spiro atoms. The number of hydrogen-bond donors (Lipinski definition) is 1. The van der Waals surface area contributed by atoms with Gasteiger partial charge in [0.15, 0.2) is 12.4 Å². The van der Waals surface area contributed by atoms with Gasteiger partial charge in [-0.1, -0.05) is 12.1 Å². The molecule has 2 amide bonds. The number of nitrogens with one attached hydrogen (secondary N) is 1. The third-order valence-corrected chi connectivity index (χ3v) is 5.01. The van der Waals surface area contributed by atoms with Crippen molar-refractivity contribution in [1.29, 1.82) is 0 Å². The van der Waals surface area contributed by atoms with Crippen molar-refractivity contribution < 1.29 is 23.8 Å². The molecule has 0 radical (unpaired) electrons. The van der Waals surface area contributed by atoms with E-state index in [2.05, 4.69) is 5.32 Å². The predicted octanol–water partition coefficient (Wildman–Crippen LogP) is 4.87. The largest absolute Gasteiger partial charge is 0.497 e. The molecule has 0 atom stereocenters. The number of nitrogens with zero attached hydrogens (tertiary/aromatic N) is 1. The fourth-order valence-corrected chi connectivity index (χ4v) is 3.49. The van der Waals surface area contributed by atoms with E-state index in [0.717, 1.165) is 0 Å². The molecule has 7 heteroatoms. The van der Waals surface area contributed by atoms with Crippen molar-refractivity contribution >= 4 is 23.2 Å². The Morgan fingerprint density at radius 1 is 1.00 bits per heavy atom. The maximum atomic E-state index is 13.1. The minimum Gasteiger partial charge on any atom is -0.497 e. The molecule has 3 aromatic carbocycles. The summed E-state index contributed by atoms with van der Waals surface area (Å²) in [6, 6.07) is 19.3. The van der Waals surface area contributed by atoms with Crippen LogP contribution >= 0.6 is 0 Å². The van der Waals surface area contributed by atoms with Gasteiger partial charge in [0.1, 0.15) is 17.2 Å². The van der Waals surface area contributed by atoms with Crippen molar-refractivity contribution in [3.05, 3.63) is 72.3 Å². The summed E-state index contributed by atoms with van der Waals surface area (Å²) in [6.07, 6.45) is 0. The predicted molar refractivity (Wildman–Crippen MR) is 122 cm³/mol. The molecule has 1 heterocycles. The molecule has 3 aromatic rings. The maximum absolute atomic E-state index is 13.1. The third-order valence-electron chi connectivity index (χ3n) is 5.01. The first kappa shape index (κ1) is 21.2. The monoisotopic (exact) mass is 432 g/mol. The average Bonchev–Trinajstić information content (AvgIpc) is 2.91. The molecular weight excluding hydrogens is 408 g/mol. The van der Waals surface area contributed by atoms with Gasteiger partial charge in [0.25, 0.3) is 11.8 Å². The molecule has 1 aliphatic rings. The van der Waals surface area contributed by atoms with E-state index in [1.54, 1.807) is 66.6 Å². The Morgan fingerprint density at radius 3 is 2.44 bits per heavy atom. The normalized spacial score (nSPS) is 12.4. The van der Waals surface area contributed by atoms with E-state index < -0.39 is 0 Å². The van der Waals surface area contributed by atoms with Crippen LogP contribution in [0.5, 0.6) is 23.0 Å². The van der Waals surface area contributed by atoms with Gasteiger partial charge < -0.3 is 24.4 Å². The van der Waals surface area contributed by atoms with Gasteiger partial charge in [0.05, 0.1) is 18.4 Å². The fraction of sp³-hybridized carbons (Fsp3) is 0.200. The molecule has 32 heavy (non-hydrogen) atoms. The van der Waals surface area contributed by atoms with E-state index in [4.69, 9.17) is 14.2 Å². The Bertz CT molecular complexity index is 1140. The summed E-state index contributed by atoms with van der Waals surface area (Å²) in [7, 11) is 1.59. The highest BCUT2D eigenvalue weighted by atomic mass is 16.5. The first-order valence-electron chi connectivity index (χ1n) is 10.3. The Hall–Kier alpha value is -4.00. The third kappa shape index (κ3) is 4.37. The minimum absolute atomic E-state index is 0.0747. The number of carbonyl (C=O) groups is 2. The zero-order chi connectivity index (χ0) is 22.7. The lowest BCUT2D eigenvalue weighted by Crippen LogP contribution is -2.36. The fourth-order valence-electron chi connectivity index (χ4n) is 3.49. The number of methoxy groups -OCH3 is 1. The zero-order valence-electron chi connectivity index (χ0n) is 18.1. The van der Waals surface area contributed by atoms with Crippen molar-refractivity contribution in [2.45, 2.75) is 19.9 Å². The van der Waals surface area contributed by atoms with Crippen LogP contribution < -0.4 is 24.4 Å². The van der Waals surface area contributed by atoms with Gasteiger partial charge in [0.2, 0.25) is 0 Å². The number of rotatable bonds is 6. The molecule has 164 valence electrons. The van der Waals surface area contributed by atoms with Crippen LogP contribution in [0.4, 0.5) is 11.4 Å². The van der Waals surface area contributed by atoms with Crippen molar-refractivity contribution in [3.8, 4) is 23.0 Å². The van der Waals surface area contributed by atoms with Gasteiger partial charge in [-0.05, 0) is 62.4 Å². The van der Waals surface area contributed by atoms with Crippen LogP contribution in [0.1, 0.15) is 24.2 Å². The van der Waals surface area contributed by atoms with E-state index in [1.807, 2.05) is 26.0 Å². The number of hydrogen-bond acceptors (Lipinski definition) is 5. The molecule has 0 aliphatic carbocycles. The highest BCUT2D eigenvalue weighted by Gasteiger charge is 2.30. The summed E-state index contributed by atoms with van der Waals surface area (Å²) in [5.41, 5.74) is 1.69. The molecule has 0 saturated carbocycles. The standard InChI is InChI=1S/C25H24N2O5/c1-16(2)27-21-13-8-17(14-23(21)32-22-7-5-4-6-20(22)25(27)29)26-24(28)15-31-19-11-9-18(30-3)10-12-19/h4-14,16H,15H2,1-3H3,(H,26,28). The summed E-state index contributed by atoms with van der Waals surface area (Å²) in [5.74, 6) is 1.81. The van der Waals surface area contributed by atoms with Gasteiger partial charge in [-0.3, -0.25) is 9.59 Å². The number of anilines is 2. The highest BCUT2D eigenvalue weighted by Crippen LogP contribution is 2.41. The summed E-state index contributed by atoms with van der Waals surface area (Å²) < 4.78 is 16.7. The molecule has 0 unspecified atom stereocenters. The van der Waals surface area contributed by atoms with E-state index in [0.29, 0.717) is 39.9 Å². The van der Waals surface area contributed by atoms with Crippen LogP contribution in [0.3, 0.4) is 0 Å². The van der Waals surface area contributed by atoms with E-state index >= 15 is 0 Å². The number of amides is 2. The van der Waals surface area contributed by atoms with Crippen LogP contribution in [-0.2, 0) is 4.79 Å². The quantitative estimate of drug-likeness (QED) is 0.601. The topological polar surface area (TPSA) is 77.1 Å². The molecule has 0 saturated heterocycles. The summed E-state index contributed by atoms with van der Waals surface area (Å²) >= 11 is 0. The van der Waals surface area contributed by atoms with Crippen LogP contribution in [0, 0.1) is 0 Å². The van der Waals surface area contributed by atoms with Gasteiger partial charge in [0, 0.05) is 17.8 Å². The summed E-state index contributed by atoms with van der Waals surface area (Å²) in [6.45, 7) is 3.74. The van der Waals surface area contributed by atoms with Crippen molar-refractivity contribution in [2.75, 3.05) is 23.9 Å². The van der Waals surface area contributed by atoms with Gasteiger partial charge in [-0.15, -0.1) is 0 Å². The number of para-hydroxylation sites is 1. The Kier molecular flexibility index (Phi) is 5.98. The Balaban J connectivity index is 1.52. The maximum Gasteiger partial charge on any atom is 0.262 e. The second-order valence-corrected chi connectivity index (χ2v) is 7.56. The number of benzene rings is 3. The number of fused-ring (bicyclic) bond motifs is 2. The van der Waals surface area contributed by atoms with Gasteiger partial charge in [-0.25, -0.2) is 0 Å². The molecule has 4 rings (SSSR count). The van der Waals surface area contributed by atoms with Crippen LogP contribution in [0.25, 0.3) is 0 Å². The van der Waals surface area contributed by atoms with Crippen molar-refractivity contribution in [3.63, 3.8) is 0 Å². The molecule has 1 aliphatic heterocycles. The highest BCUT2D eigenvalue weighted by molar-refractivity contribution is 6.10. The summed E-state index contributed by atoms with van der Waals surface area (Å²) in [5, 5.41) is 2.81. The first-order chi connectivity index (χ1) is 15.5. The lowest BCUT2D eigenvalue weighted by Gasteiger charge is -2.26. The van der Waals surface area contributed by atoms with Crippen LogP contribution in [0.15, 0.2) is 66.7 Å². The molecule has 1 N–H and O–H groups in total. The molecule has 0 fully saturated rings. The summed E-state index contributed by atoms with van der Waals surface area (Å²) in [4.78, 5) is 27.2. The Labute approximate surface area is 186 Å². The SMILES string of the molecule is COc1ccc(OCC(=O)Nc2ccc3c(c2)Oc2ccccc2C(=O)N3C(C)C)cc1. The Morgan fingerprint density at radius 2 is 1.72 bits per heavy atom. The van der Waals surface area contributed by atoms with E-state index in [9.17, 15) is 9.59 Å². The minimum atomic E-state index is -0.313. The van der Waals surface area contributed by atoms with Crippen molar-refractivity contribution in [2.24, 2.45) is 0 Å². The van der Waals surface area contributed by atoms with Gasteiger partial charge >= 0.3 is 0 Å². The van der Waals surface area contributed by atoms with Gasteiger partial charge in [-0.2, -0.15) is 0 Å². The van der Waals surface area contributed by atoms with Crippen molar-refractivity contribution in [1.82, 2.24) is 0 Å². The van der Waals surface area contributed by atoms with E-state index in [-0.39, 0.29) is 24.5 Å². The number of ether oxygens (including phenoxy) is 3. The number of carbonyl (C=O) groups excluding carboxylic acids is 2. The smallest absolute Gasteiger partial charge is 0.262 e. The van der Waals surface area contributed by atoms with Crippen LogP contribution in [0.2, 0.25) is 0 Å². The van der Waals surface area contributed by atoms with E-state index in [1.165, 1.54) is 0 Å².